The molecule has 0 aromatic heterocycles. The van der Waals surface area contributed by atoms with Crippen LogP contribution in [0.4, 0.5) is 0 Å². The van der Waals surface area contributed by atoms with Gasteiger partial charge in [-0.15, -0.1) is 0 Å². The van der Waals surface area contributed by atoms with E-state index in [4.69, 9.17) is 20.0 Å². The summed E-state index contributed by atoms with van der Waals surface area (Å²) in [6.07, 6.45) is 1.25. The van der Waals surface area contributed by atoms with E-state index in [0.29, 0.717) is 6.42 Å². The number of aliphatic carboxylic acids is 2. The fourth-order valence-corrected chi connectivity index (χ4v) is 3.38. The molecule has 1 fully saturated rings. The van der Waals surface area contributed by atoms with E-state index in [0.717, 1.165) is 19.5 Å². The molecular weight excluding hydrogens is 277 g/mol. The van der Waals surface area contributed by atoms with Gasteiger partial charge in [-0.1, -0.05) is 0 Å². The van der Waals surface area contributed by atoms with Crippen molar-refractivity contribution < 1.29 is 34.2 Å². The van der Waals surface area contributed by atoms with Crippen LogP contribution in [0.3, 0.4) is 0 Å². The van der Waals surface area contributed by atoms with Gasteiger partial charge in [0.1, 0.15) is 0 Å². The van der Waals surface area contributed by atoms with E-state index in [1.54, 1.807) is 0 Å². The summed E-state index contributed by atoms with van der Waals surface area (Å²) in [4.78, 5) is 40.0. The lowest BCUT2D eigenvalue weighted by molar-refractivity contribution is -0.148. The molecule has 1 aliphatic heterocycles. The molecule has 1 aliphatic rings. The van der Waals surface area contributed by atoms with Crippen molar-refractivity contribution in [3.63, 3.8) is 0 Å². The Hall–Kier alpha value is -0.950. The molecule has 0 radical (unpaired) electrons. The molecule has 0 spiro atoms. The molecular formula is C10H18NO7P. The Kier molecular flexibility index (Phi) is 5.49. The maximum Gasteiger partial charge on any atom is 0.340 e. The fraction of sp³-hybridized carbons (Fsp3) is 0.800. The summed E-state index contributed by atoms with van der Waals surface area (Å²) in [5.41, 5.74) is -2.18. The standard InChI is InChI=1S/C10H18NO7P/c12-9(13)7(2-1-6-3-4-11-5-6)8(10(14)15)19(16,17)18/h6-8,11H,1-5H2,(H,12,13)(H,14,15)(H2,16,17,18). The van der Waals surface area contributed by atoms with E-state index in [2.05, 4.69) is 5.32 Å². The van der Waals surface area contributed by atoms with E-state index < -0.39 is 31.1 Å². The Labute approximate surface area is 110 Å². The monoisotopic (exact) mass is 295 g/mol. The van der Waals surface area contributed by atoms with E-state index in [-0.39, 0.29) is 12.3 Å². The lowest BCUT2D eigenvalue weighted by Crippen LogP contribution is -2.35. The first-order valence-corrected chi connectivity index (χ1v) is 7.63. The van der Waals surface area contributed by atoms with Gasteiger partial charge in [-0.05, 0) is 38.3 Å². The maximum absolute atomic E-state index is 11.2. The van der Waals surface area contributed by atoms with E-state index in [1.807, 2.05) is 0 Å². The second-order valence-corrected chi connectivity index (χ2v) is 6.49. The van der Waals surface area contributed by atoms with Crippen molar-refractivity contribution in [1.29, 1.82) is 0 Å². The molecule has 8 nitrogen and oxygen atoms in total. The Morgan fingerprint density at radius 3 is 2.26 bits per heavy atom. The summed E-state index contributed by atoms with van der Waals surface area (Å²) >= 11 is 0. The largest absolute Gasteiger partial charge is 0.481 e. The molecule has 110 valence electrons. The van der Waals surface area contributed by atoms with E-state index >= 15 is 0 Å². The summed E-state index contributed by atoms with van der Waals surface area (Å²) in [6.45, 7) is 1.54. The van der Waals surface area contributed by atoms with Crippen LogP contribution in [-0.2, 0) is 14.2 Å². The Bertz CT molecular complexity index is 387. The second-order valence-electron chi connectivity index (χ2n) is 4.75. The molecule has 5 N–H and O–H groups in total. The van der Waals surface area contributed by atoms with Gasteiger partial charge in [0.2, 0.25) is 0 Å². The molecule has 9 heteroatoms. The normalized spacial score (nSPS) is 22.9. The fourth-order valence-electron chi connectivity index (χ4n) is 2.34. The number of rotatable bonds is 7. The minimum Gasteiger partial charge on any atom is -0.481 e. The van der Waals surface area contributed by atoms with Gasteiger partial charge >= 0.3 is 19.5 Å². The predicted molar refractivity (Wildman–Crippen MR) is 64.8 cm³/mol. The zero-order valence-electron chi connectivity index (χ0n) is 10.2. The number of carboxylic acid groups (broad SMARTS) is 2. The van der Waals surface area contributed by atoms with Crippen molar-refractivity contribution in [3.05, 3.63) is 0 Å². The van der Waals surface area contributed by atoms with Crippen LogP contribution < -0.4 is 5.32 Å². The first-order valence-electron chi connectivity index (χ1n) is 5.95. The van der Waals surface area contributed by atoms with Crippen molar-refractivity contribution in [2.24, 2.45) is 11.8 Å². The summed E-state index contributed by atoms with van der Waals surface area (Å²) in [7, 11) is -5.00. The SMILES string of the molecule is O=C(O)C(CCC1CCNC1)C(C(=O)O)P(=O)(O)O. The average molecular weight is 295 g/mol. The quantitative estimate of drug-likeness (QED) is 0.403. The zero-order valence-corrected chi connectivity index (χ0v) is 11.1. The van der Waals surface area contributed by atoms with Gasteiger partial charge in [-0.25, -0.2) is 0 Å². The van der Waals surface area contributed by atoms with Gasteiger partial charge in [0.25, 0.3) is 0 Å². The number of hydrogen-bond acceptors (Lipinski definition) is 4. The van der Waals surface area contributed by atoms with Crippen molar-refractivity contribution in [1.82, 2.24) is 5.32 Å². The summed E-state index contributed by atoms with van der Waals surface area (Å²) < 4.78 is 11.2. The number of carboxylic acids is 2. The topological polar surface area (TPSA) is 144 Å². The molecule has 1 heterocycles. The van der Waals surface area contributed by atoms with Crippen LogP contribution in [0, 0.1) is 11.8 Å². The molecule has 0 aromatic rings. The Morgan fingerprint density at radius 2 is 1.89 bits per heavy atom. The number of hydrogen-bond donors (Lipinski definition) is 5. The van der Waals surface area contributed by atoms with Crippen molar-refractivity contribution in [3.8, 4) is 0 Å². The van der Waals surface area contributed by atoms with Crippen LogP contribution in [0.5, 0.6) is 0 Å². The summed E-state index contributed by atoms with van der Waals surface area (Å²) in [6, 6.07) is 0. The first-order chi connectivity index (χ1) is 8.73. The van der Waals surface area contributed by atoms with Gasteiger partial charge in [-0.3, -0.25) is 14.2 Å². The van der Waals surface area contributed by atoms with Gasteiger partial charge in [0.05, 0.1) is 5.92 Å². The molecule has 0 aliphatic carbocycles. The Morgan fingerprint density at radius 1 is 1.26 bits per heavy atom. The molecule has 0 aromatic carbocycles. The van der Waals surface area contributed by atoms with Gasteiger partial charge in [0.15, 0.2) is 5.66 Å². The van der Waals surface area contributed by atoms with Gasteiger partial charge in [0, 0.05) is 0 Å². The molecule has 19 heavy (non-hydrogen) atoms. The number of nitrogens with one attached hydrogen (secondary N) is 1. The molecule has 3 unspecified atom stereocenters. The average Bonchev–Trinajstić information content (AvgIpc) is 2.73. The lowest BCUT2D eigenvalue weighted by Gasteiger charge is -2.22. The first kappa shape index (κ1) is 16.1. The summed E-state index contributed by atoms with van der Waals surface area (Å²) in [5, 5.41) is 20.9. The van der Waals surface area contributed by atoms with Gasteiger partial charge < -0.3 is 25.3 Å². The van der Waals surface area contributed by atoms with Crippen molar-refractivity contribution >= 4 is 19.5 Å². The highest BCUT2D eigenvalue weighted by Gasteiger charge is 2.45. The highest BCUT2D eigenvalue weighted by molar-refractivity contribution is 7.53. The van der Waals surface area contributed by atoms with E-state index in [9.17, 15) is 14.2 Å². The van der Waals surface area contributed by atoms with Crippen LogP contribution in [0.2, 0.25) is 0 Å². The van der Waals surface area contributed by atoms with Crippen molar-refractivity contribution in [2.75, 3.05) is 13.1 Å². The second kappa shape index (κ2) is 6.47. The molecule has 0 amide bonds. The third kappa shape index (κ3) is 4.58. The minimum atomic E-state index is -5.00. The molecule has 1 rings (SSSR count). The predicted octanol–water partition coefficient (Wildman–Crippen LogP) is -0.292. The van der Waals surface area contributed by atoms with Crippen molar-refractivity contribution in [2.45, 2.75) is 24.9 Å². The van der Waals surface area contributed by atoms with Crippen LogP contribution in [0.1, 0.15) is 19.3 Å². The summed E-state index contributed by atoms with van der Waals surface area (Å²) in [5.74, 6) is -4.60. The van der Waals surface area contributed by atoms with Crippen LogP contribution >= 0.6 is 7.60 Å². The van der Waals surface area contributed by atoms with E-state index in [1.165, 1.54) is 0 Å². The molecule has 3 atom stereocenters. The lowest BCUT2D eigenvalue weighted by atomic mass is 9.93. The highest BCUT2D eigenvalue weighted by atomic mass is 31.2. The molecule has 0 saturated carbocycles. The third-order valence-electron chi connectivity index (χ3n) is 3.36. The minimum absolute atomic E-state index is 0.0518. The Balaban J connectivity index is 2.76. The maximum atomic E-state index is 11.2. The van der Waals surface area contributed by atoms with Crippen LogP contribution in [-0.4, -0.2) is 50.7 Å². The van der Waals surface area contributed by atoms with Crippen LogP contribution in [0.15, 0.2) is 0 Å². The van der Waals surface area contributed by atoms with Gasteiger partial charge in [-0.2, -0.15) is 0 Å². The highest BCUT2D eigenvalue weighted by Crippen LogP contribution is 2.46. The smallest absolute Gasteiger partial charge is 0.340 e. The van der Waals surface area contributed by atoms with Crippen LogP contribution in [0.25, 0.3) is 0 Å². The number of carbonyl (C=O) groups is 2. The third-order valence-corrected chi connectivity index (χ3v) is 4.67. The zero-order chi connectivity index (χ0) is 14.6. The molecule has 1 saturated heterocycles. The molecule has 0 bridgehead atoms.